The van der Waals surface area contributed by atoms with Gasteiger partial charge >= 0.3 is 0 Å². The van der Waals surface area contributed by atoms with Gasteiger partial charge in [0.25, 0.3) is 0 Å². The molecule has 2 heterocycles. The van der Waals surface area contributed by atoms with Gasteiger partial charge in [-0.15, -0.1) is 11.3 Å². The predicted molar refractivity (Wildman–Crippen MR) is 72.5 cm³/mol. The fourth-order valence-corrected chi connectivity index (χ4v) is 3.00. The zero-order valence-electron chi connectivity index (χ0n) is 10.6. The van der Waals surface area contributed by atoms with E-state index in [0.29, 0.717) is 0 Å². The lowest BCUT2D eigenvalue weighted by molar-refractivity contribution is 0.573. The molecule has 0 radical (unpaired) electrons. The smallest absolute Gasteiger partial charge is 0.131 e. The van der Waals surface area contributed by atoms with Crippen LogP contribution in [0.1, 0.15) is 35.0 Å². The topological polar surface area (TPSA) is 29.9 Å². The summed E-state index contributed by atoms with van der Waals surface area (Å²) in [6.07, 6.45) is 5.07. The fourth-order valence-electron chi connectivity index (χ4n) is 2.02. The highest BCUT2D eigenvalue weighted by molar-refractivity contribution is 7.12. The van der Waals surface area contributed by atoms with E-state index in [2.05, 4.69) is 47.0 Å². The van der Waals surface area contributed by atoms with Crippen LogP contribution in [0.3, 0.4) is 0 Å². The summed E-state index contributed by atoms with van der Waals surface area (Å²) in [5.41, 5.74) is 0. The van der Waals surface area contributed by atoms with Crippen molar-refractivity contribution in [3.05, 3.63) is 40.1 Å². The highest BCUT2D eigenvalue weighted by atomic mass is 32.1. The Morgan fingerprint density at radius 2 is 2.29 bits per heavy atom. The summed E-state index contributed by atoms with van der Waals surface area (Å²) >= 11 is 1.83. The van der Waals surface area contributed by atoms with E-state index in [-0.39, 0.29) is 6.04 Å². The Hall–Kier alpha value is -1.13. The first-order valence-electron chi connectivity index (χ1n) is 6.01. The Balaban J connectivity index is 2.31. The van der Waals surface area contributed by atoms with Crippen molar-refractivity contribution >= 4 is 11.3 Å². The Morgan fingerprint density at radius 1 is 1.47 bits per heavy atom. The third kappa shape index (κ3) is 2.58. The maximum Gasteiger partial charge on any atom is 0.131 e. The second kappa shape index (κ2) is 5.47. The molecule has 0 aliphatic carbocycles. The van der Waals surface area contributed by atoms with Gasteiger partial charge in [0, 0.05) is 28.7 Å². The molecule has 0 aliphatic rings. The number of hydrogen-bond acceptors (Lipinski definition) is 3. The zero-order valence-corrected chi connectivity index (χ0v) is 11.4. The number of imidazole rings is 1. The molecule has 0 bridgehead atoms. The van der Waals surface area contributed by atoms with Crippen LogP contribution in [0.15, 0.2) is 24.5 Å². The molecular formula is C13H19N3S. The second-order valence-electron chi connectivity index (χ2n) is 4.15. The number of hydrogen-bond donors (Lipinski definition) is 1. The molecule has 3 nitrogen and oxygen atoms in total. The molecule has 1 atom stereocenters. The van der Waals surface area contributed by atoms with E-state index in [1.54, 1.807) is 0 Å². The van der Waals surface area contributed by atoms with Gasteiger partial charge in [-0.3, -0.25) is 0 Å². The standard InChI is InChI=1S/C13H19N3S/c1-4-8-16-9-7-15-13(16)12(14-3)11-6-5-10(2)17-11/h5-7,9,12,14H,4,8H2,1-3H3. The summed E-state index contributed by atoms with van der Waals surface area (Å²) in [7, 11) is 1.99. The minimum absolute atomic E-state index is 0.204. The van der Waals surface area contributed by atoms with E-state index < -0.39 is 0 Å². The summed E-state index contributed by atoms with van der Waals surface area (Å²) < 4.78 is 2.23. The maximum absolute atomic E-state index is 4.50. The minimum Gasteiger partial charge on any atom is -0.333 e. The predicted octanol–water partition coefficient (Wildman–Crippen LogP) is 2.97. The minimum atomic E-state index is 0.204. The molecule has 4 heteroatoms. The number of nitrogens with zero attached hydrogens (tertiary/aromatic N) is 2. The summed E-state index contributed by atoms with van der Waals surface area (Å²) in [5, 5.41) is 3.36. The average molecular weight is 249 g/mol. The maximum atomic E-state index is 4.50. The van der Waals surface area contributed by atoms with Crippen LogP contribution in [-0.2, 0) is 6.54 Å². The van der Waals surface area contributed by atoms with Crippen molar-refractivity contribution in [3.63, 3.8) is 0 Å². The van der Waals surface area contributed by atoms with Gasteiger partial charge in [-0.2, -0.15) is 0 Å². The molecule has 0 saturated carbocycles. The Labute approximate surface area is 107 Å². The van der Waals surface area contributed by atoms with Crippen LogP contribution in [0.2, 0.25) is 0 Å². The number of aromatic nitrogens is 2. The van der Waals surface area contributed by atoms with Crippen LogP contribution in [0.5, 0.6) is 0 Å². The number of rotatable bonds is 5. The number of nitrogens with one attached hydrogen (secondary N) is 1. The van der Waals surface area contributed by atoms with E-state index in [9.17, 15) is 0 Å². The first kappa shape index (κ1) is 12.3. The molecule has 2 rings (SSSR count). The number of aryl methyl sites for hydroxylation is 2. The van der Waals surface area contributed by atoms with Crippen molar-refractivity contribution in [2.75, 3.05) is 7.05 Å². The van der Waals surface area contributed by atoms with Crippen LogP contribution in [0, 0.1) is 6.92 Å². The quantitative estimate of drug-likeness (QED) is 0.883. The van der Waals surface area contributed by atoms with Gasteiger partial charge in [-0.05, 0) is 32.5 Å². The lowest BCUT2D eigenvalue weighted by Gasteiger charge is -2.16. The van der Waals surface area contributed by atoms with Crippen LogP contribution in [0.4, 0.5) is 0 Å². The van der Waals surface area contributed by atoms with Crippen molar-refractivity contribution in [3.8, 4) is 0 Å². The number of thiophene rings is 1. The van der Waals surface area contributed by atoms with E-state index in [1.807, 2.05) is 24.6 Å². The molecule has 1 unspecified atom stereocenters. The van der Waals surface area contributed by atoms with Gasteiger partial charge in [0.05, 0.1) is 0 Å². The monoisotopic (exact) mass is 249 g/mol. The molecule has 0 saturated heterocycles. The summed E-state index contributed by atoms with van der Waals surface area (Å²) in [5.74, 6) is 1.11. The molecule has 2 aromatic rings. The van der Waals surface area contributed by atoms with Gasteiger partial charge in [0.2, 0.25) is 0 Å². The molecule has 0 amide bonds. The van der Waals surface area contributed by atoms with Crippen LogP contribution in [-0.4, -0.2) is 16.6 Å². The molecule has 2 aromatic heterocycles. The van der Waals surface area contributed by atoms with Crippen molar-refractivity contribution in [2.45, 2.75) is 32.9 Å². The normalized spacial score (nSPS) is 12.9. The molecular weight excluding hydrogens is 230 g/mol. The summed E-state index contributed by atoms with van der Waals surface area (Å²) in [4.78, 5) is 7.17. The van der Waals surface area contributed by atoms with Gasteiger partial charge in [0.15, 0.2) is 0 Å². The highest BCUT2D eigenvalue weighted by Gasteiger charge is 2.18. The van der Waals surface area contributed by atoms with Gasteiger partial charge in [-0.25, -0.2) is 4.98 Å². The average Bonchev–Trinajstić information content (AvgIpc) is 2.91. The lowest BCUT2D eigenvalue weighted by atomic mass is 10.2. The largest absolute Gasteiger partial charge is 0.333 e. The molecule has 0 fully saturated rings. The van der Waals surface area contributed by atoms with E-state index in [4.69, 9.17) is 0 Å². The van der Waals surface area contributed by atoms with Crippen molar-refractivity contribution < 1.29 is 0 Å². The molecule has 0 aliphatic heterocycles. The Morgan fingerprint density at radius 3 is 2.88 bits per heavy atom. The molecule has 1 N–H and O–H groups in total. The SMILES string of the molecule is CCCn1ccnc1C(NC)c1ccc(C)s1. The van der Waals surface area contributed by atoms with E-state index in [1.165, 1.54) is 9.75 Å². The van der Waals surface area contributed by atoms with Crippen molar-refractivity contribution in [1.29, 1.82) is 0 Å². The lowest BCUT2D eigenvalue weighted by Crippen LogP contribution is -2.21. The van der Waals surface area contributed by atoms with Gasteiger partial charge in [-0.1, -0.05) is 6.92 Å². The molecule has 0 spiro atoms. The molecule has 0 aromatic carbocycles. The zero-order chi connectivity index (χ0) is 12.3. The summed E-state index contributed by atoms with van der Waals surface area (Å²) in [6, 6.07) is 4.55. The Bertz CT molecular complexity index is 472. The van der Waals surface area contributed by atoms with Crippen molar-refractivity contribution in [1.82, 2.24) is 14.9 Å². The third-order valence-corrected chi connectivity index (χ3v) is 3.87. The van der Waals surface area contributed by atoms with Gasteiger partial charge < -0.3 is 9.88 Å². The molecule has 92 valence electrons. The third-order valence-electron chi connectivity index (χ3n) is 2.80. The first-order valence-corrected chi connectivity index (χ1v) is 6.82. The van der Waals surface area contributed by atoms with Crippen LogP contribution in [0.25, 0.3) is 0 Å². The summed E-state index contributed by atoms with van der Waals surface area (Å²) in [6.45, 7) is 5.35. The van der Waals surface area contributed by atoms with Crippen LogP contribution < -0.4 is 5.32 Å². The van der Waals surface area contributed by atoms with Gasteiger partial charge in [0.1, 0.15) is 11.9 Å². The Kier molecular flexibility index (Phi) is 3.97. The first-order chi connectivity index (χ1) is 8.26. The van der Waals surface area contributed by atoms with E-state index in [0.717, 1.165) is 18.8 Å². The fraction of sp³-hybridized carbons (Fsp3) is 0.462. The van der Waals surface area contributed by atoms with Crippen LogP contribution >= 0.6 is 11.3 Å². The molecule has 17 heavy (non-hydrogen) atoms. The van der Waals surface area contributed by atoms with Crippen molar-refractivity contribution in [2.24, 2.45) is 0 Å². The second-order valence-corrected chi connectivity index (χ2v) is 5.47. The van der Waals surface area contributed by atoms with E-state index >= 15 is 0 Å². The highest BCUT2D eigenvalue weighted by Crippen LogP contribution is 2.27.